The van der Waals surface area contributed by atoms with Crippen LogP contribution in [0.3, 0.4) is 0 Å². The third kappa shape index (κ3) is 11.7. The van der Waals surface area contributed by atoms with Gasteiger partial charge in [-0.3, -0.25) is 0 Å². The maximum atomic E-state index is 11.4. The molecule has 0 rings (SSSR count). The zero-order valence-electron chi connectivity index (χ0n) is 22.0. The number of carbonyl (C=O) groups excluding carboxylic acids is 1. The van der Waals surface area contributed by atoms with Gasteiger partial charge in [0.2, 0.25) is 0 Å². The van der Waals surface area contributed by atoms with E-state index in [-0.39, 0.29) is 17.6 Å². The van der Waals surface area contributed by atoms with Crippen molar-refractivity contribution in [1.29, 1.82) is 0 Å². The van der Waals surface area contributed by atoms with Gasteiger partial charge in [-0.25, -0.2) is 4.79 Å². The first kappa shape index (κ1) is 31.1. The monoisotopic (exact) mass is 524 g/mol. The number of ether oxygens (including phenoxy) is 2. The van der Waals surface area contributed by atoms with Gasteiger partial charge in [-0.05, 0) is 56.5 Å². The van der Waals surface area contributed by atoms with Crippen molar-refractivity contribution in [3.8, 4) is 0 Å². The first-order chi connectivity index (χ1) is 14.0. The van der Waals surface area contributed by atoms with Crippen molar-refractivity contribution in [2.45, 2.75) is 90.8 Å². The van der Waals surface area contributed by atoms with Gasteiger partial charge < -0.3 is 21.8 Å². The lowest BCUT2D eigenvalue weighted by Gasteiger charge is -2.49. The molecule has 0 bridgehead atoms. The second kappa shape index (κ2) is 13.1. The molecule has 0 saturated carbocycles. The molecule has 6 nitrogen and oxygen atoms in total. The van der Waals surface area contributed by atoms with Crippen LogP contribution in [0.2, 0.25) is 43.3 Å². The van der Waals surface area contributed by atoms with Crippen LogP contribution >= 0.6 is 0 Å². The zero-order valence-corrected chi connectivity index (χ0v) is 28.4. The third-order valence-corrected chi connectivity index (χ3v) is 23.6. The topological polar surface area (TPSA) is 63.2 Å². The summed E-state index contributed by atoms with van der Waals surface area (Å²) in [6.07, 6.45) is 1.97. The standard InChI is InChI=1S/C20H48O6Si5/c1-17(2)19(21)23-16-15-22-14-12-13-18(3)30(10,20(4,5)6)26-31(11,24-28-27)25-29(7,8)9/h18H,1,12-16,28H2,2-11,27H3. The highest BCUT2D eigenvalue weighted by Crippen LogP contribution is 2.47. The molecule has 0 amide bonds. The summed E-state index contributed by atoms with van der Waals surface area (Å²) in [4.78, 5) is 11.4. The van der Waals surface area contributed by atoms with Crippen LogP contribution in [0, 0.1) is 0 Å². The molecular weight excluding hydrogens is 477 g/mol. The molecule has 0 aliphatic carbocycles. The molecule has 0 aromatic heterocycles. The normalized spacial score (nSPS) is 18.0. The van der Waals surface area contributed by atoms with Crippen LogP contribution in [0.25, 0.3) is 0 Å². The van der Waals surface area contributed by atoms with Crippen molar-refractivity contribution in [1.82, 2.24) is 0 Å². The fraction of sp³-hybridized carbons (Fsp3) is 0.850. The molecule has 0 spiro atoms. The molecule has 0 saturated heterocycles. The lowest BCUT2D eigenvalue weighted by Crippen LogP contribution is -2.61. The summed E-state index contributed by atoms with van der Waals surface area (Å²) in [6.45, 7) is 26.8. The van der Waals surface area contributed by atoms with E-state index in [1.54, 1.807) is 6.92 Å². The third-order valence-electron chi connectivity index (χ3n) is 5.46. The summed E-state index contributed by atoms with van der Waals surface area (Å²) in [6, 6.07) is 0. The molecule has 0 heterocycles. The van der Waals surface area contributed by atoms with Crippen molar-refractivity contribution >= 4 is 50.4 Å². The van der Waals surface area contributed by atoms with Gasteiger partial charge in [-0.15, -0.1) is 0 Å². The Bertz CT molecular complexity index is 577. The maximum Gasteiger partial charge on any atom is 0.465 e. The molecule has 0 aliphatic heterocycles. The molecular formula is C20H48O6Si5. The minimum absolute atomic E-state index is 0.0666. The van der Waals surface area contributed by atoms with Gasteiger partial charge in [0.05, 0.1) is 6.61 Å². The number of esters is 1. The Morgan fingerprint density at radius 1 is 1.06 bits per heavy atom. The smallest absolute Gasteiger partial charge is 0.460 e. The van der Waals surface area contributed by atoms with Crippen LogP contribution in [-0.2, 0) is 26.6 Å². The highest BCUT2D eigenvalue weighted by atomic mass is 29.1. The highest BCUT2D eigenvalue weighted by Gasteiger charge is 2.53. The lowest BCUT2D eigenvalue weighted by molar-refractivity contribution is -0.140. The van der Waals surface area contributed by atoms with Gasteiger partial charge in [-0.1, -0.05) is 34.3 Å². The predicted molar refractivity (Wildman–Crippen MR) is 143 cm³/mol. The Kier molecular flexibility index (Phi) is 13.2. The number of carbonyl (C=O) groups is 1. The average Bonchev–Trinajstić information content (AvgIpc) is 2.57. The van der Waals surface area contributed by atoms with Crippen molar-refractivity contribution in [2.24, 2.45) is 0 Å². The van der Waals surface area contributed by atoms with Crippen molar-refractivity contribution in [3.05, 3.63) is 12.2 Å². The number of hydrogen-bond acceptors (Lipinski definition) is 6. The SMILES string of the molecule is C=C(C)C(=O)OCCOCCCC(C)[Si](C)(O[Si](C)(O[SiH2][SiH3])O[Si](C)(C)C)C(C)(C)C. The number of hydrogen-bond donors (Lipinski definition) is 0. The fourth-order valence-electron chi connectivity index (χ4n) is 3.46. The Morgan fingerprint density at radius 2 is 1.65 bits per heavy atom. The van der Waals surface area contributed by atoms with Gasteiger partial charge >= 0.3 is 14.8 Å². The first-order valence-electron chi connectivity index (χ1n) is 11.4. The molecule has 0 aromatic carbocycles. The van der Waals surface area contributed by atoms with Crippen LogP contribution in [0.5, 0.6) is 0 Å². The maximum absolute atomic E-state index is 11.4. The van der Waals surface area contributed by atoms with Crippen LogP contribution < -0.4 is 0 Å². The second-order valence-electron chi connectivity index (χ2n) is 10.5. The Morgan fingerprint density at radius 3 is 2.10 bits per heavy atom. The molecule has 0 radical (unpaired) electrons. The van der Waals surface area contributed by atoms with E-state index in [4.69, 9.17) is 21.8 Å². The van der Waals surface area contributed by atoms with E-state index in [0.29, 0.717) is 24.3 Å². The van der Waals surface area contributed by atoms with Gasteiger partial charge in [0, 0.05) is 28.5 Å². The highest BCUT2D eigenvalue weighted by molar-refractivity contribution is 6.94. The molecule has 0 aromatic rings. The van der Waals surface area contributed by atoms with Crippen LogP contribution in [-0.4, -0.2) is 70.3 Å². The lowest BCUT2D eigenvalue weighted by atomic mass is 10.2. The summed E-state index contributed by atoms with van der Waals surface area (Å²) in [5.74, 6) is -0.367. The molecule has 3 unspecified atom stereocenters. The second-order valence-corrected chi connectivity index (χ2v) is 26.3. The minimum Gasteiger partial charge on any atom is -0.460 e. The Balaban J connectivity index is 4.94. The van der Waals surface area contributed by atoms with E-state index in [9.17, 15) is 4.79 Å². The van der Waals surface area contributed by atoms with Crippen LogP contribution in [0.1, 0.15) is 47.5 Å². The molecule has 0 aliphatic rings. The summed E-state index contributed by atoms with van der Waals surface area (Å²) >= 11 is 0. The average molecular weight is 525 g/mol. The van der Waals surface area contributed by atoms with E-state index in [1.165, 1.54) is 0 Å². The molecule has 31 heavy (non-hydrogen) atoms. The van der Waals surface area contributed by atoms with Gasteiger partial charge in [0.15, 0.2) is 16.6 Å². The van der Waals surface area contributed by atoms with E-state index >= 15 is 0 Å². The number of rotatable bonds is 15. The van der Waals surface area contributed by atoms with Crippen molar-refractivity contribution < 1.29 is 26.6 Å². The van der Waals surface area contributed by atoms with E-state index in [1.807, 2.05) is 0 Å². The predicted octanol–water partition coefficient (Wildman–Crippen LogP) is 3.49. The van der Waals surface area contributed by atoms with Crippen molar-refractivity contribution in [2.75, 3.05) is 19.8 Å². The molecule has 3 atom stereocenters. The summed E-state index contributed by atoms with van der Waals surface area (Å²) < 4.78 is 30.7. The van der Waals surface area contributed by atoms with E-state index in [2.05, 4.69) is 67.0 Å². The van der Waals surface area contributed by atoms with Crippen LogP contribution in [0.15, 0.2) is 12.2 Å². The summed E-state index contributed by atoms with van der Waals surface area (Å²) in [7, 11) is -6.00. The quantitative estimate of drug-likeness (QED) is 0.141. The van der Waals surface area contributed by atoms with E-state index in [0.717, 1.165) is 22.6 Å². The first-order valence-corrected chi connectivity index (χ1v) is 25.8. The van der Waals surface area contributed by atoms with Crippen molar-refractivity contribution in [3.63, 3.8) is 0 Å². The fourth-order valence-corrected chi connectivity index (χ4v) is 24.1. The molecule has 11 heteroatoms. The molecule has 0 N–H and O–H groups in total. The largest absolute Gasteiger partial charge is 0.465 e. The minimum atomic E-state index is -2.64. The molecule has 0 fully saturated rings. The van der Waals surface area contributed by atoms with Crippen LogP contribution in [0.4, 0.5) is 0 Å². The summed E-state index contributed by atoms with van der Waals surface area (Å²) in [5.41, 5.74) is 0.847. The molecule has 184 valence electrons. The summed E-state index contributed by atoms with van der Waals surface area (Å²) in [5, 5.41) is 0.0666. The van der Waals surface area contributed by atoms with Gasteiger partial charge in [-0.2, -0.15) is 0 Å². The van der Waals surface area contributed by atoms with Gasteiger partial charge in [0.1, 0.15) is 15.9 Å². The van der Waals surface area contributed by atoms with Gasteiger partial charge in [0.25, 0.3) is 0 Å². The Labute approximate surface area is 199 Å². The Hall–Kier alpha value is 0.134. The van der Waals surface area contributed by atoms with E-state index < -0.39 is 34.7 Å². The zero-order chi connectivity index (χ0) is 24.5.